The van der Waals surface area contributed by atoms with Crippen LogP contribution in [0.1, 0.15) is 63.8 Å². The summed E-state index contributed by atoms with van der Waals surface area (Å²) >= 11 is 1.36. The summed E-state index contributed by atoms with van der Waals surface area (Å²) in [4.78, 5) is 0. The molecule has 0 aliphatic carbocycles. The van der Waals surface area contributed by atoms with E-state index in [0.29, 0.717) is 0 Å². The second-order valence-electron chi connectivity index (χ2n) is 17.2. The van der Waals surface area contributed by atoms with Gasteiger partial charge in [-0.15, -0.1) is 68.6 Å². The molecule has 292 valence electrons. The van der Waals surface area contributed by atoms with E-state index in [-0.39, 0.29) is 25.7 Å². The van der Waals surface area contributed by atoms with E-state index in [4.69, 9.17) is 0 Å². The normalized spacial score (nSPS) is 11.3. The Morgan fingerprint density at radius 2 is 1.00 bits per heavy atom. The molecule has 0 unspecified atom stereocenters. The summed E-state index contributed by atoms with van der Waals surface area (Å²) in [5.41, 5.74) is 13.6. The van der Waals surface area contributed by atoms with Gasteiger partial charge in [-0.05, 0) is 54.6 Å². The fourth-order valence-corrected chi connectivity index (χ4v) is 8.07. The maximum atomic E-state index is 3.06. The van der Waals surface area contributed by atoms with Crippen molar-refractivity contribution < 1.29 is 23.3 Å². The van der Waals surface area contributed by atoms with Crippen molar-refractivity contribution in [2.24, 2.45) is 0 Å². The minimum atomic E-state index is 0. The first kappa shape index (κ1) is 44.5. The van der Waals surface area contributed by atoms with Crippen LogP contribution in [-0.2, 0) is 34.2 Å². The third-order valence-corrected chi connectivity index (χ3v) is 11.2. The molecule has 0 aliphatic rings. The van der Waals surface area contributed by atoms with Crippen LogP contribution in [0.5, 0.6) is 0 Å². The molecule has 0 amide bonds. The van der Waals surface area contributed by atoms with Crippen LogP contribution in [0.3, 0.4) is 0 Å². The molecule has 58 heavy (non-hydrogen) atoms. The Bertz CT molecular complexity index is 2800. The van der Waals surface area contributed by atoms with E-state index in [1.807, 2.05) is 0 Å². The minimum absolute atomic E-state index is 0. The Hall–Kier alpha value is -4.62. The van der Waals surface area contributed by atoms with Crippen LogP contribution in [-0.4, -0.2) is 6.88 Å². The van der Waals surface area contributed by atoms with Crippen molar-refractivity contribution in [1.82, 2.24) is 0 Å². The topological polar surface area (TPSA) is 0 Å². The van der Waals surface area contributed by atoms with Gasteiger partial charge in [-0.3, -0.25) is 0 Å². The molecule has 0 fully saturated rings. The molecule has 9 aromatic carbocycles. The van der Waals surface area contributed by atoms with Crippen LogP contribution in [0.15, 0.2) is 158 Å². The summed E-state index contributed by atoms with van der Waals surface area (Å²) in [7, 11) is 0. The molecular weight excluding hydrogens is 792 g/mol. The molecule has 0 nitrogen and oxygen atoms in total. The Morgan fingerprint density at radius 3 is 1.62 bits per heavy atom. The molecule has 0 saturated heterocycles. The summed E-state index contributed by atoms with van der Waals surface area (Å²) < 4.78 is 0. The summed E-state index contributed by atoms with van der Waals surface area (Å²) in [6.45, 7) is 21.0. The first-order valence-electron chi connectivity index (χ1n) is 19.6. The number of aryl methyl sites for hydroxylation is 2. The van der Waals surface area contributed by atoms with Gasteiger partial charge in [-0.25, -0.2) is 0 Å². The van der Waals surface area contributed by atoms with Gasteiger partial charge in [0.2, 0.25) is 0 Å². The number of hydrogen-bond donors (Lipinski definition) is 0. The Balaban J connectivity index is 0.000000223. The third kappa shape index (κ3) is 9.00. The van der Waals surface area contributed by atoms with Gasteiger partial charge in [0.1, 0.15) is 0 Å². The molecule has 0 heterocycles. The fraction of sp³-hybridized carbons (Fsp3) is 0.179. The first-order chi connectivity index (χ1) is 26.8. The van der Waals surface area contributed by atoms with E-state index in [0.717, 1.165) is 0 Å². The van der Waals surface area contributed by atoms with E-state index in [1.165, 1.54) is 122 Å². The molecule has 9 aromatic rings. The van der Waals surface area contributed by atoms with Gasteiger partial charge >= 0.3 is 30.2 Å². The summed E-state index contributed by atoms with van der Waals surface area (Å²) in [6.07, 6.45) is 0. The predicted octanol–water partition coefficient (Wildman–Crippen LogP) is 16.2. The summed E-state index contributed by atoms with van der Waals surface area (Å²) in [5, 5.41) is 10.6. The molecule has 0 N–H and O–H groups in total. The molecule has 0 aromatic heterocycles. The Morgan fingerprint density at radius 1 is 0.448 bits per heavy atom. The van der Waals surface area contributed by atoms with Crippen molar-refractivity contribution in [3.8, 4) is 33.4 Å². The zero-order valence-corrected chi connectivity index (χ0v) is 39.5. The van der Waals surface area contributed by atoms with Crippen molar-refractivity contribution in [3.63, 3.8) is 0 Å². The van der Waals surface area contributed by atoms with Crippen molar-refractivity contribution in [1.29, 1.82) is 0 Å². The fourth-order valence-electron chi connectivity index (χ4n) is 8.07. The van der Waals surface area contributed by atoms with E-state index < -0.39 is 0 Å². The third-order valence-electron chi connectivity index (χ3n) is 11.2. The first-order valence-corrected chi connectivity index (χ1v) is 23.8. The number of rotatable bonds is 3. The molecule has 0 aliphatic heterocycles. The molecule has 0 spiro atoms. The second-order valence-corrected chi connectivity index (χ2v) is 17.2. The zero-order valence-electron chi connectivity index (χ0n) is 36.0. The van der Waals surface area contributed by atoms with Crippen molar-refractivity contribution in [2.75, 3.05) is 0 Å². The van der Waals surface area contributed by atoms with Crippen molar-refractivity contribution in [2.45, 2.75) is 66.2 Å². The van der Waals surface area contributed by atoms with Crippen LogP contribution in [0.2, 0.25) is 0 Å². The number of fused-ring (bicyclic) bond motifs is 5. The average molecular weight is 848 g/mol. The molecule has 2 heteroatoms. The van der Waals surface area contributed by atoms with Gasteiger partial charge in [0, 0.05) is 0 Å². The molecule has 0 atom stereocenters. The maximum absolute atomic E-state index is 3.06. The van der Waals surface area contributed by atoms with Crippen LogP contribution >= 0.6 is 0 Å². The zero-order chi connectivity index (χ0) is 39.8. The molecule has 2 radical (unpaired) electrons. The quantitative estimate of drug-likeness (QED) is 0.0944. The van der Waals surface area contributed by atoms with Gasteiger partial charge in [0.25, 0.3) is 0 Å². The van der Waals surface area contributed by atoms with Crippen molar-refractivity contribution in [3.05, 3.63) is 195 Å². The summed E-state index contributed by atoms with van der Waals surface area (Å²) in [6, 6.07) is 58.4. The van der Waals surface area contributed by atoms with Gasteiger partial charge < -0.3 is 14.9 Å². The van der Waals surface area contributed by atoms with E-state index in [9.17, 15) is 0 Å². The van der Waals surface area contributed by atoms with Crippen LogP contribution < -0.4 is 0 Å². The average Bonchev–Trinajstić information content (AvgIpc) is 3.82. The van der Waals surface area contributed by atoms with E-state index in [2.05, 4.69) is 220 Å². The van der Waals surface area contributed by atoms with Gasteiger partial charge in [0.05, 0.1) is 0 Å². The van der Waals surface area contributed by atoms with E-state index >= 15 is 0 Å². The Labute approximate surface area is 365 Å². The van der Waals surface area contributed by atoms with Gasteiger partial charge in [-0.1, -0.05) is 193 Å². The predicted molar refractivity (Wildman–Crippen MR) is 256 cm³/mol. The SMILES string of the molecule is CC(C)(C)c1ccc(-c2cccc3[cH-]c(-c4cccc5c4ccc4ccccc45)cc23)cc1.Cc1cc2c(-c3ccc(C(C)(C)C)cc3)ccc(C)c2[cH-]1.[CH3-].[CH3-].[Si]=[Zr]. The summed E-state index contributed by atoms with van der Waals surface area (Å²) in [5.74, 6) is 0. The molecule has 0 saturated carbocycles. The number of hydrogen-bond acceptors (Lipinski definition) is 0. The van der Waals surface area contributed by atoms with Gasteiger partial charge in [0.15, 0.2) is 0 Å². The Kier molecular flexibility index (Phi) is 13.9. The van der Waals surface area contributed by atoms with Gasteiger partial charge in [-0.2, -0.15) is 6.07 Å². The van der Waals surface area contributed by atoms with Crippen molar-refractivity contribution >= 4 is 50.0 Å². The number of benzene rings is 7. The molecular formula is C56H56SiZr-4. The van der Waals surface area contributed by atoms with Crippen LogP contribution in [0.25, 0.3) is 76.5 Å². The molecule has 9 rings (SSSR count). The van der Waals surface area contributed by atoms with E-state index in [1.54, 1.807) is 0 Å². The second kappa shape index (κ2) is 18.1. The standard InChI is InChI=1S/C33H27.C21H23.2CH3.Si.Zr/c1-33(2,3)26-17-14-23(15-18-26)28-11-6-9-24-20-25(21-32(24)28)29-12-7-13-30-27-10-5-4-8-22(27)16-19-31(29)30;1-14-12-19-15(2)6-11-18(20(19)13-14)16-7-9-17(10-8-16)21(3,4)5;;;;/h4-21H,1-3H3;6-13H,1-5H3;2*1H3;;/q4*-1;;. The monoisotopic (exact) mass is 846 g/mol. The van der Waals surface area contributed by atoms with Crippen LogP contribution in [0.4, 0.5) is 0 Å². The molecule has 0 bridgehead atoms. The van der Waals surface area contributed by atoms with Crippen LogP contribution in [0, 0.1) is 28.7 Å².